The Morgan fingerprint density at radius 3 is 2.55 bits per heavy atom. The van der Waals surface area contributed by atoms with Crippen LogP contribution in [0.25, 0.3) is 0 Å². The third kappa shape index (κ3) is 3.35. The molecule has 4 heteroatoms. The van der Waals surface area contributed by atoms with Crippen LogP contribution in [0.15, 0.2) is 42.6 Å². The second kappa shape index (κ2) is 6.19. The van der Waals surface area contributed by atoms with Gasteiger partial charge in [-0.3, -0.25) is 4.79 Å². The van der Waals surface area contributed by atoms with E-state index in [0.717, 1.165) is 5.56 Å². The molecule has 0 aliphatic carbocycles. The van der Waals surface area contributed by atoms with E-state index in [9.17, 15) is 9.90 Å². The van der Waals surface area contributed by atoms with Gasteiger partial charge in [-0.05, 0) is 29.2 Å². The molecule has 1 aromatic heterocycles. The highest BCUT2D eigenvalue weighted by molar-refractivity contribution is 5.94. The first-order valence-corrected chi connectivity index (χ1v) is 6.59. The van der Waals surface area contributed by atoms with Crippen LogP contribution in [-0.2, 0) is 6.54 Å². The molecule has 0 aliphatic heterocycles. The number of aromatic nitrogens is 1. The van der Waals surface area contributed by atoms with Gasteiger partial charge in [0.15, 0.2) is 5.69 Å². The highest BCUT2D eigenvalue weighted by Gasteiger charge is 2.11. The summed E-state index contributed by atoms with van der Waals surface area (Å²) in [6.07, 6.45) is 1.48. The summed E-state index contributed by atoms with van der Waals surface area (Å²) in [6, 6.07) is 11.1. The van der Waals surface area contributed by atoms with E-state index in [0.29, 0.717) is 12.5 Å². The summed E-state index contributed by atoms with van der Waals surface area (Å²) in [7, 11) is 0. The van der Waals surface area contributed by atoms with E-state index in [4.69, 9.17) is 0 Å². The molecule has 2 N–H and O–H groups in total. The Bertz CT molecular complexity index is 592. The summed E-state index contributed by atoms with van der Waals surface area (Å²) >= 11 is 0. The fraction of sp³-hybridized carbons (Fsp3) is 0.250. The normalized spacial score (nSPS) is 10.6. The summed E-state index contributed by atoms with van der Waals surface area (Å²) < 4.78 is 0. The van der Waals surface area contributed by atoms with Crippen molar-refractivity contribution in [3.63, 3.8) is 0 Å². The van der Waals surface area contributed by atoms with Crippen molar-refractivity contribution in [3.05, 3.63) is 59.4 Å². The van der Waals surface area contributed by atoms with Crippen molar-refractivity contribution in [2.24, 2.45) is 0 Å². The van der Waals surface area contributed by atoms with Gasteiger partial charge in [-0.15, -0.1) is 0 Å². The molecule has 2 aromatic rings. The van der Waals surface area contributed by atoms with Crippen molar-refractivity contribution >= 4 is 5.91 Å². The first kappa shape index (κ1) is 14.1. The number of carbonyl (C=O) groups is 1. The van der Waals surface area contributed by atoms with Gasteiger partial charge in [0.1, 0.15) is 5.75 Å². The van der Waals surface area contributed by atoms with E-state index >= 15 is 0 Å². The number of benzene rings is 1. The average molecular weight is 270 g/mol. The quantitative estimate of drug-likeness (QED) is 0.898. The summed E-state index contributed by atoms with van der Waals surface area (Å²) in [4.78, 5) is 15.7. The van der Waals surface area contributed by atoms with Crippen LogP contribution in [0, 0.1) is 0 Å². The topological polar surface area (TPSA) is 62.2 Å². The Hall–Kier alpha value is -2.36. The predicted molar refractivity (Wildman–Crippen MR) is 77.6 cm³/mol. The minimum atomic E-state index is -0.379. The van der Waals surface area contributed by atoms with E-state index in [1.807, 2.05) is 12.1 Å². The van der Waals surface area contributed by atoms with Gasteiger partial charge in [-0.25, -0.2) is 4.98 Å². The molecule has 1 heterocycles. The van der Waals surface area contributed by atoms with Crippen molar-refractivity contribution in [2.45, 2.75) is 26.3 Å². The average Bonchev–Trinajstić information content (AvgIpc) is 2.45. The second-order valence-electron chi connectivity index (χ2n) is 4.95. The zero-order valence-electron chi connectivity index (χ0n) is 11.6. The van der Waals surface area contributed by atoms with Crippen LogP contribution in [-0.4, -0.2) is 16.0 Å². The van der Waals surface area contributed by atoms with Gasteiger partial charge in [0.25, 0.3) is 5.91 Å². The minimum Gasteiger partial charge on any atom is -0.505 e. The summed E-state index contributed by atoms with van der Waals surface area (Å²) in [5, 5.41) is 12.3. The number of nitrogens with one attached hydrogen (secondary N) is 1. The molecule has 0 unspecified atom stereocenters. The molecule has 1 aromatic carbocycles. The van der Waals surface area contributed by atoms with Gasteiger partial charge in [-0.2, -0.15) is 0 Å². The van der Waals surface area contributed by atoms with Crippen molar-refractivity contribution in [1.82, 2.24) is 10.3 Å². The van der Waals surface area contributed by atoms with E-state index in [-0.39, 0.29) is 17.4 Å². The Morgan fingerprint density at radius 2 is 1.95 bits per heavy atom. The van der Waals surface area contributed by atoms with Gasteiger partial charge in [-0.1, -0.05) is 38.1 Å². The first-order valence-electron chi connectivity index (χ1n) is 6.59. The lowest BCUT2D eigenvalue weighted by Gasteiger charge is -2.08. The van der Waals surface area contributed by atoms with Gasteiger partial charge in [0.2, 0.25) is 0 Å². The fourth-order valence-corrected chi connectivity index (χ4v) is 1.86. The number of nitrogens with zero attached hydrogens (tertiary/aromatic N) is 1. The maximum Gasteiger partial charge on any atom is 0.273 e. The van der Waals surface area contributed by atoms with Gasteiger partial charge < -0.3 is 10.4 Å². The number of amides is 1. The van der Waals surface area contributed by atoms with Crippen LogP contribution >= 0.6 is 0 Å². The lowest BCUT2D eigenvalue weighted by molar-refractivity contribution is 0.0943. The van der Waals surface area contributed by atoms with Gasteiger partial charge in [0.05, 0.1) is 0 Å². The Kier molecular flexibility index (Phi) is 4.35. The Morgan fingerprint density at radius 1 is 1.25 bits per heavy atom. The first-order chi connectivity index (χ1) is 9.58. The van der Waals surface area contributed by atoms with Crippen LogP contribution in [0.1, 0.15) is 41.4 Å². The molecule has 0 spiro atoms. The van der Waals surface area contributed by atoms with Crippen molar-refractivity contribution in [3.8, 4) is 5.75 Å². The minimum absolute atomic E-state index is 0.0475. The zero-order valence-corrected chi connectivity index (χ0v) is 11.6. The van der Waals surface area contributed by atoms with Crippen LogP contribution in [0.5, 0.6) is 5.75 Å². The molecule has 104 valence electrons. The molecule has 4 nitrogen and oxygen atoms in total. The van der Waals surface area contributed by atoms with E-state index in [1.54, 1.807) is 6.07 Å². The molecule has 0 saturated heterocycles. The standard InChI is InChI=1S/C16H18N2O2/c1-11(2)13-7-5-12(6-8-13)10-18-16(20)15-14(19)4-3-9-17-15/h3-9,11,19H,10H2,1-2H3,(H,18,20). The second-order valence-corrected chi connectivity index (χ2v) is 4.95. The van der Waals surface area contributed by atoms with Crippen LogP contribution in [0.2, 0.25) is 0 Å². The van der Waals surface area contributed by atoms with E-state index < -0.39 is 0 Å². The SMILES string of the molecule is CC(C)c1ccc(CNC(=O)c2ncccc2O)cc1. The lowest BCUT2D eigenvalue weighted by Crippen LogP contribution is -2.23. The summed E-state index contributed by atoms with van der Waals surface area (Å²) in [6.45, 7) is 4.69. The highest BCUT2D eigenvalue weighted by atomic mass is 16.3. The molecule has 20 heavy (non-hydrogen) atoms. The number of hydrogen-bond acceptors (Lipinski definition) is 3. The molecular weight excluding hydrogens is 252 g/mol. The number of pyridine rings is 1. The van der Waals surface area contributed by atoms with Gasteiger partial charge >= 0.3 is 0 Å². The molecular formula is C16H18N2O2. The van der Waals surface area contributed by atoms with Crippen LogP contribution in [0.4, 0.5) is 0 Å². The molecule has 0 fully saturated rings. The molecule has 0 radical (unpaired) electrons. The number of aromatic hydroxyl groups is 1. The molecule has 0 aliphatic rings. The van der Waals surface area contributed by atoms with Crippen molar-refractivity contribution in [2.75, 3.05) is 0 Å². The molecule has 0 saturated carbocycles. The monoisotopic (exact) mass is 270 g/mol. The fourth-order valence-electron chi connectivity index (χ4n) is 1.86. The number of rotatable bonds is 4. The Balaban J connectivity index is 1.98. The highest BCUT2D eigenvalue weighted by Crippen LogP contribution is 2.15. The van der Waals surface area contributed by atoms with Crippen molar-refractivity contribution < 1.29 is 9.90 Å². The van der Waals surface area contributed by atoms with Gasteiger partial charge in [0, 0.05) is 12.7 Å². The maximum absolute atomic E-state index is 11.9. The van der Waals surface area contributed by atoms with E-state index in [2.05, 4.69) is 36.3 Å². The third-order valence-electron chi connectivity index (χ3n) is 3.10. The Labute approximate surface area is 118 Å². The van der Waals surface area contributed by atoms with Crippen LogP contribution < -0.4 is 5.32 Å². The third-order valence-corrected chi connectivity index (χ3v) is 3.10. The van der Waals surface area contributed by atoms with E-state index in [1.165, 1.54) is 17.8 Å². The van der Waals surface area contributed by atoms with Crippen molar-refractivity contribution in [1.29, 1.82) is 0 Å². The van der Waals surface area contributed by atoms with Crippen LogP contribution in [0.3, 0.4) is 0 Å². The largest absolute Gasteiger partial charge is 0.505 e. The smallest absolute Gasteiger partial charge is 0.273 e. The number of hydrogen-bond donors (Lipinski definition) is 2. The predicted octanol–water partition coefficient (Wildman–Crippen LogP) is 2.84. The lowest BCUT2D eigenvalue weighted by atomic mass is 10.0. The molecule has 2 rings (SSSR count). The number of carbonyl (C=O) groups excluding carboxylic acids is 1. The zero-order chi connectivity index (χ0) is 14.5. The molecule has 0 atom stereocenters. The summed E-state index contributed by atoms with van der Waals surface area (Å²) in [5.74, 6) is 0.000277. The maximum atomic E-state index is 11.9. The molecule has 0 bridgehead atoms. The summed E-state index contributed by atoms with van der Waals surface area (Å²) in [5.41, 5.74) is 2.33. The molecule has 1 amide bonds.